The van der Waals surface area contributed by atoms with E-state index < -0.39 is 10.0 Å². The summed E-state index contributed by atoms with van der Waals surface area (Å²) in [5, 5.41) is 1.79. The lowest BCUT2D eigenvalue weighted by atomic mass is 10.2. The number of thiophene rings is 1. The fraction of sp³-hybridized carbons (Fsp3) is 0.267. The topological polar surface area (TPSA) is 66.1 Å². The van der Waals surface area contributed by atoms with Crippen LogP contribution in [0.2, 0.25) is 0 Å². The van der Waals surface area contributed by atoms with Gasteiger partial charge in [-0.15, -0.1) is 11.3 Å². The first kappa shape index (κ1) is 13.9. The Labute approximate surface area is 132 Å². The van der Waals surface area contributed by atoms with Crippen molar-refractivity contribution in [2.75, 3.05) is 6.54 Å². The summed E-state index contributed by atoms with van der Waals surface area (Å²) in [4.78, 5) is 7.85. The smallest absolute Gasteiger partial charge is 0.253 e. The first-order valence-corrected chi connectivity index (χ1v) is 9.48. The van der Waals surface area contributed by atoms with E-state index in [-0.39, 0.29) is 6.04 Å². The second-order valence-corrected chi connectivity index (χ2v) is 8.41. The number of nitrogens with one attached hydrogen (secondary N) is 1. The first-order chi connectivity index (χ1) is 10.7. The maximum Gasteiger partial charge on any atom is 0.253 e. The minimum atomic E-state index is -3.44. The van der Waals surface area contributed by atoms with Gasteiger partial charge in [-0.05, 0) is 36.4 Å². The van der Waals surface area contributed by atoms with Crippen molar-refractivity contribution in [3.05, 3.63) is 47.6 Å². The van der Waals surface area contributed by atoms with Gasteiger partial charge < -0.3 is 4.98 Å². The number of rotatable bonds is 3. The molecule has 1 aromatic carbocycles. The molecule has 0 aliphatic carbocycles. The predicted octanol–water partition coefficient (Wildman–Crippen LogP) is 3.15. The van der Waals surface area contributed by atoms with Crippen LogP contribution in [0.15, 0.2) is 46.0 Å². The summed E-state index contributed by atoms with van der Waals surface area (Å²) in [6.07, 6.45) is 1.65. The Morgan fingerprint density at radius 3 is 2.86 bits per heavy atom. The Balaban J connectivity index is 1.75. The van der Waals surface area contributed by atoms with Crippen LogP contribution in [0.3, 0.4) is 0 Å². The number of benzene rings is 1. The molecule has 3 heterocycles. The van der Waals surface area contributed by atoms with E-state index in [1.165, 1.54) is 11.3 Å². The molecule has 4 rings (SSSR count). The van der Waals surface area contributed by atoms with Gasteiger partial charge in [-0.1, -0.05) is 18.2 Å². The largest absolute Gasteiger partial charge is 0.341 e. The van der Waals surface area contributed by atoms with Gasteiger partial charge in [-0.2, -0.15) is 4.31 Å². The molecule has 1 aliphatic rings. The number of nitrogens with zero attached hydrogens (tertiary/aromatic N) is 2. The molecule has 0 unspecified atom stereocenters. The van der Waals surface area contributed by atoms with Crippen molar-refractivity contribution in [3.8, 4) is 0 Å². The molecule has 7 heteroatoms. The molecule has 1 saturated heterocycles. The van der Waals surface area contributed by atoms with Crippen LogP contribution in [0.1, 0.15) is 24.7 Å². The number of imidazole rings is 1. The van der Waals surface area contributed by atoms with E-state index in [1.54, 1.807) is 21.8 Å². The molecule has 2 aromatic heterocycles. The summed E-state index contributed by atoms with van der Waals surface area (Å²) >= 11 is 1.26. The van der Waals surface area contributed by atoms with Crippen LogP contribution in [-0.2, 0) is 10.0 Å². The Bertz CT molecular complexity index is 867. The number of hydrogen-bond acceptors (Lipinski definition) is 4. The predicted molar refractivity (Wildman–Crippen MR) is 86.3 cm³/mol. The molecule has 1 atom stereocenters. The summed E-state index contributed by atoms with van der Waals surface area (Å²) in [5.74, 6) is 0.735. The van der Waals surface area contributed by atoms with Gasteiger partial charge in [0.05, 0.1) is 17.1 Å². The molecule has 0 saturated carbocycles. The normalized spacial score (nSPS) is 19.9. The van der Waals surface area contributed by atoms with Gasteiger partial charge in [0.15, 0.2) is 0 Å². The molecule has 114 valence electrons. The maximum atomic E-state index is 12.8. The van der Waals surface area contributed by atoms with Crippen LogP contribution >= 0.6 is 11.3 Å². The van der Waals surface area contributed by atoms with E-state index in [0.717, 1.165) is 29.7 Å². The average molecular weight is 333 g/mol. The first-order valence-electron chi connectivity index (χ1n) is 7.16. The molecule has 1 aliphatic heterocycles. The zero-order chi connectivity index (χ0) is 15.2. The van der Waals surface area contributed by atoms with E-state index in [1.807, 2.05) is 24.3 Å². The van der Waals surface area contributed by atoms with Crippen molar-refractivity contribution >= 4 is 32.4 Å². The van der Waals surface area contributed by atoms with E-state index in [4.69, 9.17) is 0 Å². The van der Waals surface area contributed by atoms with Crippen LogP contribution in [0, 0.1) is 0 Å². The van der Waals surface area contributed by atoms with Gasteiger partial charge >= 0.3 is 0 Å². The molecule has 0 radical (unpaired) electrons. The number of sulfonamides is 1. The SMILES string of the molecule is O=S(=O)(c1cccs1)N1CCC[C@@H]1c1nc2ccccc2[nH]1. The average Bonchev–Trinajstić information content (AvgIpc) is 3.25. The third-order valence-electron chi connectivity index (χ3n) is 3.99. The fourth-order valence-electron chi connectivity index (χ4n) is 2.96. The zero-order valence-electron chi connectivity index (χ0n) is 11.8. The highest BCUT2D eigenvalue weighted by Gasteiger charge is 2.38. The Morgan fingerprint density at radius 2 is 2.09 bits per heavy atom. The summed E-state index contributed by atoms with van der Waals surface area (Å²) in [7, 11) is -3.44. The van der Waals surface area contributed by atoms with E-state index in [9.17, 15) is 8.42 Å². The van der Waals surface area contributed by atoms with E-state index >= 15 is 0 Å². The molecule has 3 aromatic rings. The monoisotopic (exact) mass is 333 g/mol. The van der Waals surface area contributed by atoms with E-state index in [0.29, 0.717) is 10.8 Å². The Kier molecular flexibility index (Phi) is 3.28. The highest BCUT2D eigenvalue weighted by molar-refractivity contribution is 7.91. The molecular weight excluding hydrogens is 318 g/mol. The highest BCUT2D eigenvalue weighted by Crippen LogP contribution is 2.36. The Hall–Kier alpha value is -1.70. The fourth-order valence-corrected chi connectivity index (χ4v) is 5.74. The van der Waals surface area contributed by atoms with Crippen molar-refractivity contribution < 1.29 is 8.42 Å². The number of H-pyrrole nitrogens is 1. The van der Waals surface area contributed by atoms with Crippen molar-refractivity contribution in [3.63, 3.8) is 0 Å². The van der Waals surface area contributed by atoms with Gasteiger partial charge in [0.1, 0.15) is 10.0 Å². The van der Waals surface area contributed by atoms with E-state index in [2.05, 4.69) is 9.97 Å². The summed E-state index contributed by atoms with van der Waals surface area (Å²) in [5.41, 5.74) is 1.82. The lowest BCUT2D eigenvalue weighted by Crippen LogP contribution is -2.30. The van der Waals surface area contributed by atoms with Gasteiger partial charge in [0.25, 0.3) is 10.0 Å². The summed E-state index contributed by atoms with van der Waals surface area (Å²) < 4.78 is 27.6. The van der Waals surface area contributed by atoms with Crippen molar-refractivity contribution in [2.45, 2.75) is 23.1 Å². The van der Waals surface area contributed by atoms with Crippen LogP contribution in [0.4, 0.5) is 0 Å². The minimum absolute atomic E-state index is 0.209. The molecule has 1 N–H and O–H groups in total. The van der Waals surface area contributed by atoms with Gasteiger partial charge in [-0.25, -0.2) is 13.4 Å². The molecule has 1 fully saturated rings. The number of aromatic nitrogens is 2. The lowest BCUT2D eigenvalue weighted by Gasteiger charge is -2.21. The summed E-state index contributed by atoms with van der Waals surface area (Å²) in [6.45, 7) is 0.544. The van der Waals surface area contributed by atoms with Crippen LogP contribution in [0.25, 0.3) is 11.0 Å². The van der Waals surface area contributed by atoms with Crippen LogP contribution < -0.4 is 0 Å². The van der Waals surface area contributed by atoms with Crippen LogP contribution in [0.5, 0.6) is 0 Å². The zero-order valence-corrected chi connectivity index (χ0v) is 13.4. The number of hydrogen-bond donors (Lipinski definition) is 1. The minimum Gasteiger partial charge on any atom is -0.341 e. The van der Waals surface area contributed by atoms with Gasteiger partial charge in [0, 0.05) is 6.54 Å². The Morgan fingerprint density at radius 1 is 1.23 bits per heavy atom. The molecule has 22 heavy (non-hydrogen) atoms. The summed E-state index contributed by atoms with van der Waals surface area (Å²) in [6, 6.07) is 11.0. The van der Waals surface area contributed by atoms with Crippen molar-refractivity contribution in [1.82, 2.24) is 14.3 Å². The number of aromatic amines is 1. The molecule has 0 spiro atoms. The number of fused-ring (bicyclic) bond motifs is 1. The lowest BCUT2D eigenvalue weighted by molar-refractivity contribution is 0.387. The number of para-hydroxylation sites is 2. The molecule has 0 amide bonds. The highest BCUT2D eigenvalue weighted by atomic mass is 32.2. The van der Waals surface area contributed by atoms with Crippen LogP contribution in [-0.4, -0.2) is 29.2 Å². The standard InChI is InChI=1S/C15H15N3O2S2/c19-22(20,14-8-4-10-21-14)18-9-3-7-13(18)15-16-11-5-1-2-6-12(11)17-15/h1-2,4-6,8,10,13H,3,7,9H2,(H,16,17)/t13-/m1/s1. The second-order valence-electron chi connectivity index (χ2n) is 5.35. The molecular formula is C15H15N3O2S2. The third kappa shape index (κ3) is 2.16. The van der Waals surface area contributed by atoms with Gasteiger partial charge in [0.2, 0.25) is 0 Å². The van der Waals surface area contributed by atoms with Crippen molar-refractivity contribution in [2.24, 2.45) is 0 Å². The second kappa shape index (κ2) is 5.19. The molecule has 5 nitrogen and oxygen atoms in total. The van der Waals surface area contributed by atoms with Gasteiger partial charge in [-0.3, -0.25) is 0 Å². The molecule has 0 bridgehead atoms. The maximum absolute atomic E-state index is 12.8. The third-order valence-corrected chi connectivity index (χ3v) is 7.27. The van der Waals surface area contributed by atoms with Crippen molar-refractivity contribution in [1.29, 1.82) is 0 Å². The quantitative estimate of drug-likeness (QED) is 0.801.